The third-order valence-corrected chi connectivity index (χ3v) is 6.49. The minimum atomic E-state index is -3.56. The van der Waals surface area contributed by atoms with Gasteiger partial charge in [-0.2, -0.15) is 9.40 Å². The van der Waals surface area contributed by atoms with E-state index in [9.17, 15) is 8.42 Å². The molecule has 8 heteroatoms. The second kappa shape index (κ2) is 6.12. The number of hydrogen-bond acceptors (Lipinski definition) is 5. The summed E-state index contributed by atoms with van der Waals surface area (Å²) in [7, 11) is -1.74. The maximum Gasteiger partial charge on any atom is 0.243 e. The van der Waals surface area contributed by atoms with Gasteiger partial charge in [0, 0.05) is 38.3 Å². The lowest BCUT2D eigenvalue weighted by molar-refractivity contribution is -0.00259. The van der Waals surface area contributed by atoms with Gasteiger partial charge in [0.1, 0.15) is 11.9 Å². The van der Waals surface area contributed by atoms with E-state index in [0.717, 1.165) is 23.3 Å². The topological polar surface area (TPSA) is 73.7 Å². The molecule has 0 radical (unpaired) electrons. The highest BCUT2D eigenvalue weighted by atomic mass is 32.2. The maximum absolute atomic E-state index is 13.1. The van der Waals surface area contributed by atoms with Crippen LogP contribution < -0.4 is 4.74 Å². The molecule has 1 saturated heterocycles. The lowest BCUT2D eigenvalue weighted by Crippen LogP contribution is -2.42. The van der Waals surface area contributed by atoms with Gasteiger partial charge in [-0.15, -0.1) is 0 Å². The van der Waals surface area contributed by atoms with E-state index < -0.39 is 10.0 Å². The molecule has 2 atom stereocenters. The standard InChI is InChI=1S/C17H21N3O4S/c1-12-7-13-8-15(3-4-16(13)24-12)25(21,22)20-5-6-23-17(11-20)14-9-18-19(2)10-14/h3-4,8-10,12,17H,5-7,11H2,1-2H3/t12-,17-/m1/s1. The van der Waals surface area contributed by atoms with Gasteiger partial charge in [-0.05, 0) is 30.7 Å². The van der Waals surface area contributed by atoms with Crippen molar-refractivity contribution in [2.45, 2.75) is 30.4 Å². The van der Waals surface area contributed by atoms with Crippen LogP contribution in [0, 0.1) is 0 Å². The zero-order valence-electron chi connectivity index (χ0n) is 14.3. The molecule has 1 aromatic carbocycles. The smallest absolute Gasteiger partial charge is 0.243 e. The van der Waals surface area contributed by atoms with Gasteiger partial charge in [-0.25, -0.2) is 8.42 Å². The molecule has 2 aliphatic heterocycles. The first-order chi connectivity index (χ1) is 11.9. The van der Waals surface area contributed by atoms with Crippen LogP contribution >= 0.6 is 0 Å². The molecule has 0 aliphatic carbocycles. The van der Waals surface area contributed by atoms with Crippen molar-refractivity contribution in [2.24, 2.45) is 7.05 Å². The Balaban J connectivity index is 1.59. The number of rotatable bonds is 3. The number of nitrogens with zero attached hydrogens (tertiary/aromatic N) is 3. The predicted molar refractivity (Wildman–Crippen MR) is 90.9 cm³/mol. The Morgan fingerprint density at radius 2 is 2.16 bits per heavy atom. The molecule has 1 aromatic heterocycles. The van der Waals surface area contributed by atoms with Gasteiger partial charge >= 0.3 is 0 Å². The number of ether oxygens (including phenoxy) is 2. The van der Waals surface area contributed by atoms with E-state index >= 15 is 0 Å². The lowest BCUT2D eigenvalue weighted by Gasteiger charge is -2.31. The SMILES string of the molecule is C[C@@H]1Cc2cc(S(=O)(=O)N3CCO[C@@H](c4cnn(C)c4)C3)ccc2O1. The number of aromatic nitrogens is 2. The fourth-order valence-electron chi connectivity index (χ4n) is 3.36. The monoisotopic (exact) mass is 363 g/mol. The van der Waals surface area contributed by atoms with Gasteiger partial charge in [0.15, 0.2) is 0 Å². The highest BCUT2D eigenvalue weighted by Crippen LogP contribution is 2.32. The van der Waals surface area contributed by atoms with E-state index in [-0.39, 0.29) is 18.8 Å². The summed E-state index contributed by atoms with van der Waals surface area (Å²) in [5, 5.41) is 4.14. The molecule has 4 rings (SSSR count). The number of benzene rings is 1. The van der Waals surface area contributed by atoms with E-state index in [0.29, 0.717) is 18.0 Å². The van der Waals surface area contributed by atoms with Crippen molar-refractivity contribution in [1.29, 1.82) is 0 Å². The molecule has 1 fully saturated rings. The summed E-state index contributed by atoms with van der Waals surface area (Å²) >= 11 is 0. The van der Waals surface area contributed by atoms with Crippen molar-refractivity contribution < 1.29 is 17.9 Å². The molecule has 7 nitrogen and oxygen atoms in total. The summed E-state index contributed by atoms with van der Waals surface area (Å²) in [6.45, 7) is 2.99. The third-order valence-electron chi connectivity index (χ3n) is 4.63. The molecular weight excluding hydrogens is 342 g/mol. The van der Waals surface area contributed by atoms with Gasteiger partial charge in [0.2, 0.25) is 10.0 Å². The molecule has 2 aromatic rings. The Hall–Kier alpha value is -1.90. The van der Waals surface area contributed by atoms with E-state index in [1.807, 2.05) is 20.2 Å². The van der Waals surface area contributed by atoms with E-state index in [1.165, 1.54) is 4.31 Å². The van der Waals surface area contributed by atoms with Crippen molar-refractivity contribution in [2.75, 3.05) is 19.7 Å². The molecule has 0 spiro atoms. The quantitative estimate of drug-likeness (QED) is 0.826. The van der Waals surface area contributed by atoms with Crippen molar-refractivity contribution in [1.82, 2.24) is 14.1 Å². The largest absolute Gasteiger partial charge is 0.490 e. The predicted octanol–water partition coefficient (Wildman–Crippen LogP) is 1.51. The minimum Gasteiger partial charge on any atom is -0.490 e. The highest BCUT2D eigenvalue weighted by molar-refractivity contribution is 7.89. The van der Waals surface area contributed by atoms with Crippen LogP contribution in [0.25, 0.3) is 0 Å². The molecule has 2 aliphatic rings. The fourth-order valence-corrected chi connectivity index (χ4v) is 4.84. The van der Waals surface area contributed by atoms with Gasteiger partial charge < -0.3 is 9.47 Å². The molecule has 0 N–H and O–H groups in total. The van der Waals surface area contributed by atoms with Crippen LogP contribution in [-0.4, -0.2) is 48.3 Å². The molecular formula is C17H21N3O4S. The van der Waals surface area contributed by atoms with Crippen LogP contribution in [0.2, 0.25) is 0 Å². The zero-order chi connectivity index (χ0) is 17.6. The Bertz CT molecular complexity index is 893. The summed E-state index contributed by atoms with van der Waals surface area (Å²) < 4.78 is 40.7. The third kappa shape index (κ3) is 3.05. The van der Waals surface area contributed by atoms with Crippen molar-refractivity contribution >= 4 is 10.0 Å². The maximum atomic E-state index is 13.1. The second-order valence-electron chi connectivity index (χ2n) is 6.57. The average molecular weight is 363 g/mol. The van der Waals surface area contributed by atoms with Crippen LogP contribution in [-0.2, 0) is 28.2 Å². The first-order valence-corrected chi connectivity index (χ1v) is 9.77. The minimum absolute atomic E-state index is 0.0892. The fraction of sp³-hybridized carbons (Fsp3) is 0.471. The lowest BCUT2D eigenvalue weighted by atomic mass is 10.1. The van der Waals surface area contributed by atoms with Crippen LogP contribution in [0.15, 0.2) is 35.5 Å². The van der Waals surface area contributed by atoms with Gasteiger partial charge in [0.25, 0.3) is 0 Å². The normalized spacial score (nSPS) is 24.1. The first kappa shape index (κ1) is 16.6. The van der Waals surface area contributed by atoms with Crippen LogP contribution in [0.3, 0.4) is 0 Å². The van der Waals surface area contributed by atoms with E-state index in [1.54, 1.807) is 29.1 Å². The van der Waals surface area contributed by atoms with Crippen molar-refractivity contribution in [3.63, 3.8) is 0 Å². The van der Waals surface area contributed by atoms with Crippen LogP contribution in [0.1, 0.15) is 24.2 Å². The van der Waals surface area contributed by atoms with Crippen molar-refractivity contribution in [3.8, 4) is 5.75 Å². The average Bonchev–Trinajstić information content (AvgIpc) is 3.18. The summed E-state index contributed by atoms with van der Waals surface area (Å²) in [5.74, 6) is 0.779. The number of sulfonamides is 1. The molecule has 0 amide bonds. The molecule has 0 saturated carbocycles. The zero-order valence-corrected chi connectivity index (χ0v) is 15.1. The first-order valence-electron chi connectivity index (χ1n) is 8.33. The van der Waals surface area contributed by atoms with Crippen molar-refractivity contribution in [3.05, 3.63) is 41.7 Å². The Morgan fingerprint density at radius 3 is 2.92 bits per heavy atom. The summed E-state index contributed by atoms with van der Waals surface area (Å²) in [6, 6.07) is 5.12. The van der Waals surface area contributed by atoms with Gasteiger partial charge in [0.05, 0.1) is 23.8 Å². The Kier molecular flexibility index (Phi) is 4.05. The Morgan fingerprint density at radius 1 is 1.32 bits per heavy atom. The number of fused-ring (bicyclic) bond motifs is 1. The molecule has 3 heterocycles. The summed E-state index contributed by atoms with van der Waals surface area (Å²) in [5.41, 5.74) is 1.84. The molecule has 0 unspecified atom stereocenters. The second-order valence-corrected chi connectivity index (χ2v) is 8.51. The summed E-state index contributed by atoms with van der Waals surface area (Å²) in [6.07, 6.45) is 4.10. The summed E-state index contributed by atoms with van der Waals surface area (Å²) in [4.78, 5) is 0.316. The number of morpholine rings is 1. The Labute approximate surface area is 147 Å². The molecule has 25 heavy (non-hydrogen) atoms. The molecule has 0 bridgehead atoms. The van der Waals surface area contributed by atoms with Gasteiger partial charge in [-0.3, -0.25) is 4.68 Å². The van der Waals surface area contributed by atoms with Crippen LogP contribution in [0.5, 0.6) is 5.75 Å². The van der Waals surface area contributed by atoms with E-state index in [4.69, 9.17) is 9.47 Å². The van der Waals surface area contributed by atoms with E-state index in [2.05, 4.69) is 5.10 Å². The molecule has 134 valence electrons. The van der Waals surface area contributed by atoms with Gasteiger partial charge in [-0.1, -0.05) is 0 Å². The number of hydrogen-bond donors (Lipinski definition) is 0. The number of aryl methyl sites for hydroxylation is 1. The highest BCUT2D eigenvalue weighted by Gasteiger charge is 2.33. The van der Waals surface area contributed by atoms with Crippen LogP contribution in [0.4, 0.5) is 0 Å².